The zero-order valence-electron chi connectivity index (χ0n) is 9.07. The zero-order chi connectivity index (χ0) is 11.5. The summed E-state index contributed by atoms with van der Waals surface area (Å²) in [7, 11) is 1.39. The van der Waals surface area contributed by atoms with Gasteiger partial charge in [0.1, 0.15) is 5.82 Å². The van der Waals surface area contributed by atoms with Crippen molar-refractivity contribution < 1.29 is 13.9 Å². The summed E-state index contributed by atoms with van der Waals surface area (Å²) in [5, 5.41) is 3.16. The molecule has 1 aliphatic heterocycles. The summed E-state index contributed by atoms with van der Waals surface area (Å²) >= 11 is 0. The predicted molar refractivity (Wildman–Crippen MR) is 57.5 cm³/mol. The summed E-state index contributed by atoms with van der Waals surface area (Å²) in [5.41, 5.74) is 0.974. The first-order valence-electron chi connectivity index (χ1n) is 5.26. The molecule has 2 rings (SSSR count). The number of hydrogen-bond donors (Lipinski definition) is 1. The number of halogens is 1. The molecule has 16 heavy (non-hydrogen) atoms. The highest BCUT2D eigenvalue weighted by Gasteiger charge is 2.34. The summed E-state index contributed by atoms with van der Waals surface area (Å²) < 4.78 is 17.5. The van der Waals surface area contributed by atoms with E-state index in [4.69, 9.17) is 4.74 Å². The van der Waals surface area contributed by atoms with E-state index in [1.165, 1.54) is 19.2 Å². The lowest BCUT2D eigenvalue weighted by Gasteiger charge is -2.16. The van der Waals surface area contributed by atoms with Crippen molar-refractivity contribution in [2.24, 2.45) is 5.92 Å². The molecule has 0 radical (unpaired) electrons. The molecular weight excluding hydrogens is 209 g/mol. The highest BCUT2D eigenvalue weighted by Crippen LogP contribution is 2.28. The topological polar surface area (TPSA) is 38.3 Å². The molecule has 3 nitrogen and oxygen atoms in total. The van der Waals surface area contributed by atoms with Crippen LogP contribution in [0.25, 0.3) is 0 Å². The molecule has 4 heteroatoms. The number of hydrogen-bond acceptors (Lipinski definition) is 3. The molecule has 0 aromatic heterocycles. The number of esters is 1. The van der Waals surface area contributed by atoms with Crippen molar-refractivity contribution in [1.82, 2.24) is 5.32 Å². The number of rotatable bonds is 2. The number of methoxy groups -OCH3 is 1. The predicted octanol–water partition coefficient (Wildman–Crippen LogP) is 1.30. The minimum Gasteiger partial charge on any atom is -0.469 e. The van der Waals surface area contributed by atoms with Gasteiger partial charge < -0.3 is 10.1 Å². The Balaban J connectivity index is 2.19. The fraction of sp³-hybridized carbons (Fsp3) is 0.417. The van der Waals surface area contributed by atoms with Crippen molar-refractivity contribution in [2.45, 2.75) is 5.92 Å². The fourth-order valence-electron chi connectivity index (χ4n) is 2.14. The standard InChI is InChI=1S/C12H14FNO2/c1-16-12(15)11-7-14-6-10(11)8-2-4-9(13)5-3-8/h2-5,10-11,14H,6-7H2,1H3/t10-,11-/m0/s1. The Morgan fingerprint density at radius 1 is 1.38 bits per heavy atom. The first-order valence-corrected chi connectivity index (χ1v) is 5.26. The molecule has 0 amide bonds. The Kier molecular flexibility index (Phi) is 3.19. The average Bonchev–Trinajstić information content (AvgIpc) is 2.78. The molecule has 1 heterocycles. The zero-order valence-corrected chi connectivity index (χ0v) is 9.07. The van der Waals surface area contributed by atoms with Gasteiger partial charge in [-0.25, -0.2) is 4.39 Å². The molecule has 0 spiro atoms. The maximum absolute atomic E-state index is 12.8. The van der Waals surface area contributed by atoms with Gasteiger partial charge in [-0.15, -0.1) is 0 Å². The molecule has 0 bridgehead atoms. The largest absolute Gasteiger partial charge is 0.469 e. The van der Waals surface area contributed by atoms with Crippen LogP contribution in [0.5, 0.6) is 0 Å². The maximum atomic E-state index is 12.8. The molecule has 0 saturated carbocycles. The van der Waals surface area contributed by atoms with Crippen molar-refractivity contribution in [2.75, 3.05) is 20.2 Å². The van der Waals surface area contributed by atoms with E-state index >= 15 is 0 Å². The third-order valence-electron chi connectivity index (χ3n) is 3.02. The number of nitrogens with one attached hydrogen (secondary N) is 1. The molecule has 1 aromatic carbocycles. The third-order valence-corrected chi connectivity index (χ3v) is 3.02. The van der Waals surface area contributed by atoms with E-state index in [2.05, 4.69) is 5.32 Å². The average molecular weight is 223 g/mol. The first kappa shape index (κ1) is 11.1. The Morgan fingerprint density at radius 2 is 2.06 bits per heavy atom. The summed E-state index contributed by atoms with van der Waals surface area (Å²) in [6, 6.07) is 6.29. The Labute approximate surface area is 93.6 Å². The molecule has 86 valence electrons. The lowest BCUT2D eigenvalue weighted by atomic mass is 9.89. The van der Waals surface area contributed by atoms with E-state index in [0.717, 1.165) is 12.1 Å². The second-order valence-electron chi connectivity index (χ2n) is 3.95. The van der Waals surface area contributed by atoms with Crippen molar-refractivity contribution in [3.05, 3.63) is 35.6 Å². The van der Waals surface area contributed by atoms with Gasteiger partial charge in [0, 0.05) is 19.0 Å². The van der Waals surface area contributed by atoms with Gasteiger partial charge >= 0.3 is 5.97 Å². The normalized spacial score (nSPS) is 24.4. The molecule has 1 aliphatic rings. The van der Waals surface area contributed by atoms with Gasteiger partial charge in [-0.05, 0) is 17.7 Å². The lowest BCUT2D eigenvalue weighted by Crippen LogP contribution is -2.22. The summed E-state index contributed by atoms with van der Waals surface area (Å²) in [6.45, 7) is 1.35. The molecule has 0 aliphatic carbocycles. The molecule has 2 atom stereocenters. The number of ether oxygens (including phenoxy) is 1. The van der Waals surface area contributed by atoms with Crippen LogP contribution in [0.15, 0.2) is 24.3 Å². The highest BCUT2D eigenvalue weighted by molar-refractivity contribution is 5.74. The second-order valence-corrected chi connectivity index (χ2v) is 3.95. The van der Waals surface area contributed by atoms with Gasteiger partial charge in [0.15, 0.2) is 0 Å². The third kappa shape index (κ3) is 2.07. The van der Waals surface area contributed by atoms with Crippen LogP contribution >= 0.6 is 0 Å². The van der Waals surface area contributed by atoms with E-state index in [0.29, 0.717) is 6.54 Å². The van der Waals surface area contributed by atoms with Crippen LogP contribution < -0.4 is 5.32 Å². The van der Waals surface area contributed by atoms with E-state index in [1.54, 1.807) is 12.1 Å². The minimum absolute atomic E-state index is 0.0769. The maximum Gasteiger partial charge on any atom is 0.310 e. The van der Waals surface area contributed by atoms with Gasteiger partial charge in [-0.1, -0.05) is 12.1 Å². The number of carbonyl (C=O) groups excluding carboxylic acids is 1. The van der Waals surface area contributed by atoms with Gasteiger partial charge in [0.2, 0.25) is 0 Å². The van der Waals surface area contributed by atoms with Crippen molar-refractivity contribution >= 4 is 5.97 Å². The van der Waals surface area contributed by atoms with Gasteiger partial charge in [-0.2, -0.15) is 0 Å². The summed E-state index contributed by atoms with van der Waals surface area (Å²) in [5.74, 6) is -0.563. The Morgan fingerprint density at radius 3 is 2.69 bits per heavy atom. The fourth-order valence-corrected chi connectivity index (χ4v) is 2.14. The summed E-state index contributed by atoms with van der Waals surface area (Å²) in [6.07, 6.45) is 0. The van der Waals surface area contributed by atoms with Gasteiger partial charge in [-0.3, -0.25) is 4.79 Å². The van der Waals surface area contributed by atoms with Crippen LogP contribution in [-0.2, 0) is 9.53 Å². The second kappa shape index (κ2) is 4.61. The molecule has 1 aromatic rings. The van der Waals surface area contributed by atoms with Crippen molar-refractivity contribution in [3.63, 3.8) is 0 Å². The summed E-state index contributed by atoms with van der Waals surface area (Å²) in [4.78, 5) is 11.5. The van der Waals surface area contributed by atoms with E-state index in [1.807, 2.05) is 0 Å². The highest BCUT2D eigenvalue weighted by atomic mass is 19.1. The molecule has 1 fully saturated rings. The van der Waals surface area contributed by atoms with Crippen molar-refractivity contribution in [1.29, 1.82) is 0 Å². The van der Waals surface area contributed by atoms with Crippen LogP contribution in [0, 0.1) is 11.7 Å². The van der Waals surface area contributed by atoms with Crippen LogP contribution in [0.2, 0.25) is 0 Å². The van der Waals surface area contributed by atoms with E-state index in [-0.39, 0.29) is 23.6 Å². The lowest BCUT2D eigenvalue weighted by molar-refractivity contribution is -0.145. The monoisotopic (exact) mass is 223 g/mol. The van der Waals surface area contributed by atoms with E-state index < -0.39 is 0 Å². The van der Waals surface area contributed by atoms with Crippen LogP contribution in [0.1, 0.15) is 11.5 Å². The minimum atomic E-state index is -0.260. The van der Waals surface area contributed by atoms with Crippen molar-refractivity contribution in [3.8, 4) is 0 Å². The Bertz CT molecular complexity index is 377. The SMILES string of the molecule is COC(=O)[C@H]1CNC[C@H]1c1ccc(F)cc1. The number of carbonyl (C=O) groups is 1. The molecular formula is C12H14FNO2. The number of benzene rings is 1. The molecule has 1 N–H and O–H groups in total. The molecule has 1 saturated heterocycles. The van der Waals surface area contributed by atoms with E-state index in [9.17, 15) is 9.18 Å². The smallest absolute Gasteiger partial charge is 0.310 e. The Hall–Kier alpha value is -1.42. The van der Waals surface area contributed by atoms with Crippen LogP contribution in [0.3, 0.4) is 0 Å². The van der Waals surface area contributed by atoms with Crippen LogP contribution in [-0.4, -0.2) is 26.2 Å². The van der Waals surface area contributed by atoms with Gasteiger partial charge in [0.25, 0.3) is 0 Å². The first-order chi connectivity index (χ1) is 7.72. The van der Waals surface area contributed by atoms with Crippen LogP contribution in [0.4, 0.5) is 4.39 Å². The quantitative estimate of drug-likeness (QED) is 0.768. The molecule has 0 unspecified atom stereocenters. The van der Waals surface area contributed by atoms with Gasteiger partial charge in [0.05, 0.1) is 13.0 Å².